The molecule has 22 atom stereocenters. The molecule has 5 N–H and O–H groups in total. The minimum absolute atomic E-state index is 0.0302. The van der Waals surface area contributed by atoms with Gasteiger partial charge < -0.3 is 25.5 Å². The van der Waals surface area contributed by atoms with Crippen LogP contribution in [-0.4, -0.2) is 56.4 Å². The van der Waals surface area contributed by atoms with Crippen LogP contribution in [0, 0.1) is 113 Å². The van der Waals surface area contributed by atoms with Crippen LogP contribution in [0.2, 0.25) is 0 Å². The van der Waals surface area contributed by atoms with Crippen molar-refractivity contribution in [3.8, 4) is 0 Å². The molecule has 374 valence electrons. The van der Waals surface area contributed by atoms with E-state index in [0.717, 1.165) is 76.0 Å². The molecule has 0 amide bonds. The summed E-state index contributed by atoms with van der Waals surface area (Å²) in [5.41, 5.74) is 3.38. The summed E-state index contributed by atoms with van der Waals surface area (Å²) in [4.78, 5) is 12.8. The zero-order valence-corrected chi connectivity index (χ0v) is 44.5. The molecule has 10 aliphatic carbocycles. The van der Waals surface area contributed by atoms with Crippen LogP contribution in [0.4, 0.5) is 0 Å². The van der Waals surface area contributed by atoms with E-state index in [0.29, 0.717) is 47.3 Å². The molecule has 3 unspecified atom stereocenters. The summed E-state index contributed by atoms with van der Waals surface area (Å²) >= 11 is 0. The summed E-state index contributed by atoms with van der Waals surface area (Å²) < 4.78 is 0. The van der Waals surface area contributed by atoms with Gasteiger partial charge in [0.05, 0.1) is 30.3 Å². The van der Waals surface area contributed by atoms with Crippen LogP contribution in [0.5, 0.6) is 0 Å². The molecular weight excluding hydrogens is 817 g/mol. The van der Waals surface area contributed by atoms with Crippen molar-refractivity contribution in [2.75, 3.05) is 6.61 Å². The van der Waals surface area contributed by atoms with Gasteiger partial charge in [0.1, 0.15) is 0 Å². The van der Waals surface area contributed by atoms with Crippen molar-refractivity contribution < 1.29 is 30.3 Å². The Kier molecular flexibility index (Phi) is 11.8. The normalized spacial score (nSPS) is 58.0. The number of aliphatic hydroxyl groups excluding tert-OH is 4. The van der Waals surface area contributed by atoms with Gasteiger partial charge in [-0.25, -0.2) is 0 Å². The Balaban J connectivity index is 0.000000166. The van der Waals surface area contributed by atoms with Gasteiger partial charge in [0.2, 0.25) is 0 Å². The number of carbonyl (C=O) groups is 1. The topological polar surface area (TPSA) is 118 Å². The van der Waals surface area contributed by atoms with E-state index in [2.05, 4.69) is 102 Å². The summed E-state index contributed by atoms with van der Waals surface area (Å²) in [6.45, 7) is 34.1. The number of aliphatic carboxylic acids is 1. The maximum atomic E-state index is 12.8. The molecule has 0 aromatic carbocycles. The fourth-order valence-electron chi connectivity index (χ4n) is 21.8. The Bertz CT molecular complexity index is 1990. The molecule has 6 nitrogen and oxygen atoms in total. The van der Waals surface area contributed by atoms with Crippen molar-refractivity contribution in [2.24, 2.45) is 113 Å². The summed E-state index contributed by atoms with van der Waals surface area (Å²) in [6, 6.07) is 0. The zero-order valence-electron chi connectivity index (χ0n) is 44.5. The number of allylic oxidation sites excluding steroid dienone is 4. The van der Waals surface area contributed by atoms with Gasteiger partial charge in [0.25, 0.3) is 0 Å². The molecular formula is C60H98O6. The summed E-state index contributed by atoms with van der Waals surface area (Å²) in [5, 5.41) is 53.8. The van der Waals surface area contributed by atoms with Crippen molar-refractivity contribution in [3.05, 3.63) is 23.3 Å². The van der Waals surface area contributed by atoms with Gasteiger partial charge in [-0.05, 0) is 212 Å². The van der Waals surface area contributed by atoms with Gasteiger partial charge in [-0.3, -0.25) is 4.79 Å². The first-order chi connectivity index (χ1) is 30.5. The monoisotopic (exact) mass is 915 g/mol. The predicted octanol–water partition coefficient (Wildman–Crippen LogP) is 13.1. The first-order valence-electron chi connectivity index (χ1n) is 27.8. The molecule has 6 heteroatoms. The van der Waals surface area contributed by atoms with Crippen molar-refractivity contribution in [3.63, 3.8) is 0 Å². The van der Waals surface area contributed by atoms with E-state index in [1.165, 1.54) is 44.1 Å². The predicted molar refractivity (Wildman–Crippen MR) is 266 cm³/mol. The Labute approximate surface area is 402 Å². The zero-order chi connectivity index (χ0) is 48.4. The molecule has 0 aromatic rings. The van der Waals surface area contributed by atoms with Crippen LogP contribution in [-0.2, 0) is 4.79 Å². The lowest BCUT2D eigenvalue weighted by molar-refractivity contribution is -0.243. The number of rotatable bonds is 2. The number of carboxylic acids is 1. The molecule has 8 fully saturated rings. The van der Waals surface area contributed by atoms with Crippen LogP contribution in [0.3, 0.4) is 0 Å². The molecule has 66 heavy (non-hydrogen) atoms. The molecule has 10 aliphatic rings. The van der Waals surface area contributed by atoms with Gasteiger partial charge in [-0.15, -0.1) is 0 Å². The molecule has 0 radical (unpaired) electrons. The van der Waals surface area contributed by atoms with Crippen molar-refractivity contribution in [1.82, 2.24) is 0 Å². The highest BCUT2D eigenvalue weighted by Gasteiger charge is 2.72. The first-order valence-corrected chi connectivity index (χ1v) is 27.8. The van der Waals surface area contributed by atoms with Gasteiger partial charge in [-0.1, -0.05) is 120 Å². The second kappa shape index (κ2) is 15.6. The average molecular weight is 915 g/mol. The summed E-state index contributed by atoms with van der Waals surface area (Å²) in [7, 11) is 0. The molecule has 0 heterocycles. The number of aliphatic hydroxyl groups is 4. The van der Waals surface area contributed by atoms with Gasteiger partial charge >= 0.3 is 5.97 Å². The minimum atomic E-state index is -0.838. The second-order valence-corrected chi connectivity index (χ2v) is 29.2. The van der Waals surface area contributed by atoms with Crippen LogP contribution in [0.1, 0.15) is 206 Å². The van der Waals surface area contributed by atoms with Gasteiger partial charge in [0.15, 0.2) is 0 Å². The standard InChI is InChI=1S/C30H48O3.C30H50O3/c1-18-10-15-30(25(32)33)17-16-28(6)20(24(30)19(18)2)8-9-22-27(5)13-12-23(31)26(3,4)21(27)11-14-29(22,28)7;1-18-10-12-26(3)14-15-29(6)20(24(26)19(18)2)8-9-23-27(4)16-21(32)25(33)28(5,17-31)22(27)11-13-30(23,29)7/h8,18-19,21-24,31H,9-17H2,1-7H3,(H,32,33);8,18-19,21-25,31-33H,9-17H2,1-7H3/t18-,19+,21?,22?,23+,24+,27+,28-,29-,30+;18-,19+,21-,22?,23-,24+,25+,26-,27+,28+,29-,30-/m11/s1. The van der Waals surface area contributed by atoms with E-state index in [9.17, 15) is 30.3 Å². The number of carboxylic acid groups (broad SMARTS) is 1. The Morgan fingerprint density at radius 2 is 1.09 bits per heavy atom. The van der Waals surface area contributed by atoms with Crippen LogP contribution in [0.25, 0.3) is 0 Å². The molecule has 0 aliphatic heterocycles. The number of hydrogen-bond acceptors (Lipinski definition) is 5. The smallest absolute Gasteiger partial charge is 0.310 e. The largest absolute Gasteiger partial charge is 0.481 e. The Hall–Kier alpha value is -1.21. The first kappa shape index (κ1) is 49.8. The Morgan fingerprint density at radius 1 is 0.576 bits per heavy atom. The van der Waals surface area contributed by atoms with E-state index in [-0.39, 0.29) is 62.5 Å². The highest BCUT2D eigenvalue weighted by Crippen LogP contribution is 2.78. The van der Waals surface area contributed by atoms with Crippen LogP contribution in [0.15, 0.2) is 23.3 Å². The lowest BCUT2D eigenvalue weighted by Crippen LogP contribution is -2.68. The number of hydrogen-bond donors (Lipinski definition) is 5. The molecule has 0 saturated heterocycles. The third-order valence-corrected chi connectivity index (χ3v) is 26.9. The molecule has 0 spiro atoms. The lowest BCUT2D eigenvalue weighted by atomic mass is 9.33. The third-order valence-electron chi connectivity index (χ3n) is 26.9. The van der Waals surface area contributed by atoms with Crippen LogP contribution >= 0.6 is 0 Å². The highest BCUT2D eigenvalue weighted by atomic mass is 16.4. The van der Waals surface area contributed by atoms with Gasteiger partial charge in [-0.2, -0.15) is 0 Å². The molecule has 10 rings (SSSR count). The van der Waals surface area contributed by atoms with E-state index in [1.54, 1.807) is 5.57 Å². The van der Waals surface area contributed by atoms with Crippen molar-refractivity contribution in [1.29, 1.82) is 0 Å². The Morgan fingerprint density at radius 3 is 1.67 bits per heavy atom. The second-order valence-electron chi connectivity index (χ2n) is 29.2. The summed E-state index contributed by atoms with van der Waals surface area (Å²) in [6.07, 6.45) is 22.0. The van der Waals surface area contributed by atoms with Crippen molar-refractivity contribution in [2.45, 2.75) is 224 Å². The fraction of sp³-hybridized carbons (Fsp3) is 0.917. The van der Waals surface area contributed by atoms with E-state index in [1.807, 2.05) is 6.92 Å². The molecule has 0 bridgehead atoms. The van der Waals surface area contributed by atoms with Crippen molar-refractivity contribution >= 4 is 5.97 Å². The van der Waals surface area contributed by atoms with E-state index in [4.69, 9.17) is 0 Å². The van der Waals surface area contributed by atoms with E-state index < -0.39 is 29.0 Å². The van der Waals surface area contributed by atoms with Gasteiger partial charge in [0, 0.05) is 5.41 Å². The SMILES string of the molecule is C[C@H]1[C@H](C)CC[C@]2(C(=O)O)CC[C@]3(C)C(=CCC4[C@@]5(C)CC[C@H](O)C(C)(C)C5CC[C@]43C)[C@H]12.C[C@H]1[C@H](C)CC[C@]2(C)CC[C@]3(C)C(=CC[C@@H]4[C@@]5(C)C[C@@H](O)[C@H](O)[C@@](C)(CO)C5CC[C@]43C)[C@H]12. The highest BCUT2D eigenvalue weighted by molar-refractivity contribution is 5.76. The number of fused-ring (bicyclic) bond motifs is 14. The maximum absolute atomic E-state index is 12.8. The molecule has 0 aromatic heterocycles. The molecule has 8 saturated carbocycles. The average Bonchev–Trinajstić information content (AvgIpc) is 3.25. The van der Waals surface area contributed by atoms with E-state index >= 15 is 0 Å². The third kappa shape index (κ3) is 6.19. The lowest BCUT2D eigenvalue weighted by Gasteiger charge is -2.72. The fourth-order valence-corrected chi connectivity index (χ4v) is 21.8. The minimum Gasteiger partial charge on any atom is -0.481 e. The summed E-state index contributed by atoms with van der Waals surface area (Å²) in [5.74, 6) is 4.78. The quantitative estimate of drug-likeness (QED) is 0.176. The maximum Gasteiger partial charge on any atom is 0.310 e. The van der Waals surface area contributed by atoms with Crippen LogP contribution < -0.4 is 0 Å².